The fourth-order valence-corrected chi connectivity index (χ4v) is 3.07. The Bertz CT molecular complexity index is 183. The Morgan fingerprint density at radius 2 is 2.14 bits per heavy atom. The molecule has 0 aromatic rings. The zero-order valence-electron chi connectivity index (χ0n) is 9.28. The maximum Gasteiger partial charge on any atom is 0.0679 e. The van der Waals surface area contributed by atoms with Gasteiger partial charge in [-0.25, -0.2) is 0 Å². The fraction of sp³-hybridized carbons (Fsp3) is 1.00. The van der Waals surface area contributed by atoms with Gasteiger partial charge in [-0.2, -0.15) is 0 Å². The number of aliphatic hydroxyl groups excluding tert-OH is 1. The minimum Gasteiger partial charge on any atom is -0.392 e. The summed E-state index contributed by atoms with van der Waals surface area (Å²) >= 11 is 0. The van der Waals surface area contributed by atoms with E-state index < -0.39 is 0 Å². The first-order valence-corrected chi connectivity index (χ1v) is 6.14. The van der Waals surface area contributed by atoms with Gasteiger partial charge in [0.05, 0.1) is 6.10 Å². The maximum atomic E-state index is 9.44. The lowest BCUT2D eigenvalue weighted by atomic mass is 9.82. The lowest BCUT2D eigenvalue weighted by molar-refractivity contribution is 0.157. The average Bonchev–Trinajstić information content (AvgIpc) is 2.51. The largest absolute Gasteiger partial charge is 0.392 e. The first-order valence-electron chi connectivity index (χ1n) is 6.14. The minimum absolute atomic E-state index is 0.0454. The van der Waals surface area contributed by atoms with Crippen LogP contribution in [0.4, 0.5) is 0 Å². The van der Waals surface area contributed by atoms with Crippen molar-refractivity contribution in [2.45, 2.75) is 45.1 Å². The van der Waals surface area contributed by atoms with E-state index in [1.807, 2.05) is 0 Å². The van der Waals surface area contributed by atoms with Crippen molar-refractivity contribution in [1.29, 1.82) is 0 Å². The van der Waals surface area contributed by atoms with Crippen LogP contribution in [0.2, 0.25) is 0 Å². The summed E-state index contributed by atoms with van der Waals surface area (Å²) in [6.45, 7) is 5.66. The van der Waals surface area contributed by atoms with Crippen LogP contribution in [0.15, 0.2) is 0 Å². The third kappa shape index (κ3) is 2.71. The first-order chi connectivity index (χ1) is 6.74. The van der Waals surface area contributed by atoms with Crippen molar-refractivity contribution in [3.63, 3.8) is 0 Å². The van der Waals surface area contributed by atoms with Crippen molar-refractivity contribution in [2.24, 2.45) is 11.8 Å². The zero-order chi connectivity index (χ0) is 9.97. The predicted molar refractivity (Wildman–Crippen MR) is 58.2 cm³/mol. The third-order valence-corrected chi connectivity index (χ3v) is 3.81. The molecule has 1 saturated heterocycles. The third-order valence-electron chi connectivity index (χ3n) is 3.81. The summed E-state index contributed by atoms with van der Waals surface area (Å²) in [7, 11) is 0. The molecule has 2 rings (SSSR count). The highest BCUT2D eigenvalue weighted by molar-refractivity contribution is 4.79. The number of likely N-dealkylation sites (tertiary alicyclic amines) is 1. The Labute approximate surface area is 87.3 Å². The Morgan fingerprint density at radius 1 is 1.29 bits per heavy atom. The van der Waals surface area contributed by atoms with Crippen LogP contribution in [-0.4, -0.2) is 35.7 Å². The van der Waals surface area contributed by atoms with Gasteiger partial charge in [0.15, 0.2) is 0 Å². The number of hydrogen-bond acceptors (Lipinski definition) is 2. The average molecular weight is 197 g/mol. The van der Waals surface area contributed by atoms with Crippen molar-refractivity contribution < 1.29 is 5.11 Å². The maximum absolute atomic E-state index is 9.44. The van der Waals surface area contributed by atoms with Gasteiger partial charge in [-0.15, -0.1) is 0 Å². The van der Waals surface area contributed by atoms with Gasteiger partial charge in [0, 0.05) is 19.6 Å². The van der Waals surface area contributed by atoms with Crippen LogP contribution in [0.5, 0.6) is 0 Å². The van der Waals surface area contributed by atoms with Gasteiger partial charge in [-0.1, -0.05) is 19.8 Å². The fourth-order valence-electron chi connectivity index (χ4n) is 3.07. The van der Waals surface area contributed by atoms with Crippen LogP contribution in [0.25, 0.3) is 0 Å². The number of aliphatic hydroxyl groups is 1. The Morgan fingerprint density at radius 3 is 2.79 bits per heavy atom. The van der Waals surface area contributed by atoms with E-state index in [-0.39, 0.29) is 6.10 Å². The molecule has 0 amide bonds. The summed E-state index contributed by atoms with van der Waals surface area (Å²) in [4.78, 5) is 2.45. The number of β-amino-alcohol motifs (C(OH)–C–C–N with tert-alkyl or cyclic N) is 1. The second-order valence-corrected chi connectivity index (χ2v) is 5.34. The standard InChI is InChI=1S/C12H23NO/c1-10-3-2-4-11(7-10)8-13-6-5-12(14)9-13/h10-12,14H,2-9H2,1H3/t10?,11?,12-/m0/s1. The summed E-state index contributed by atoms with van der Waals surface area (Å²) in [5.74, 6) is 1.84. The predicted octanol–water partition coefficient (Wildman–Crippen LogP) is 1.88. The molecule has 1 aliphatic carbocycles. The Balaban J connectivity index is 1.74. The van der Waals surface area contributed by atoms with Crippen LogP contribution in [0, 0.1) is 11.8 Å². The van der Waals surface area contributed by atoms with Crippen molar-refractivity contribution in [3.05, 3.63) is 0 Å². The Hall–Kier alpha value is -0.0800. The normalized spacial score (nSPS) is 40.3. The van der Waals surface area contributed by atoms with Gasteiger partial charge in [0.2, 0.25) is 0 Å². The molecule has 0 aromatic carbocycles. The van der Waals surface area contributed by atoms with Crippen LogP contribution in [0.1, 0.15) is 39.0 Å². The molecule has 2 heteroatoms. The molecule has 1 saturated carbocycles. The molecule has 2 nitrogen and oxygen atoms in total. The Kier molecular flexibility index (Phi) is 3.45. The van der Waals surface area contributed by atoms with E-state index in [4.69, 9.17) is 0 Å². The van der Waals surface area contributed by atoms with Crippen LogP contribution in [-0.2, 0) is 0 Å². The van der Waals surface area contributed by atoms with Gasteiger partial charge < -0.3 is 10.0 Å². The topological polar surface area (TPSA) is 23.5 Å². The smallest absolute Gasteiger partial charge is 0.0679 e. The molecule has 1 heterocycles. The molecule has 82 valence electrons. The van der Waals surface area contributed by atoms with Gasteiger partial charge in [-0.05, 0) is 31.1 Å². The summed E-state index contributed by atoms with van der Waals surface area (Å²) in [6, 6.07) is 0. The molecule has 2 aliphatic rings. The first kappa shape index (κ1) is 10.4. The second-order valence-electron chi connectivity index (χ2n) is 5.34. The van der Waals surface area contributed by atoms with Crippen LogP contribution >= 0.6 is 0 Å². The van der Waals surface area contributed by atoms with Crippen LogP contribution < -0.4 is 0 Å². The van der Waals surface area contributed by atoms with Gasteiger partial charge >= 0.3 is 0 Å². The van der Waals surface area contributed by atoms with Gasteiger partial charge in [0.25, 0.3) is 0 Å². The van der Waals surface area contributed by atoms with E-state index in [2.05, 4.69) is 11.8 Å². The molecule has 1 aliphatic heterocycles. The number of hydrogen-bond donors (Lipinski definition) is 1. The van der Waals surface area contributed by atoms with E-state index in [1.54, 1.807) is 0 Å². The van der Waals surface area contributed by atoms with Gasteiger partial charge in [0.1, 0.15) is 0 Å². The van der Waals surface area contributed by atoms with E-state index >= 15 is 0 Å². The molecular weight excluding hydrogens is 174 g/mol. The zero-order valence-corrected chi connectivity index (χ0v) is 9.28. The molecule has 1 N–H and O–H groups in total. The summed E-state index contributed by atoms with van der Waals surface area (Å²) in [6.07, 6.45) is 6.61. The van der Waals surface area contributed by atoms with Crippen LogP contribution in [0.3, 0.4) is 0 Å². The lowest BCUT2D eigenvalue weighted by Crippen LogP contribution is -2.30. The molecule has 0 bridgehead atoms. The van der Waals surface area contributed by atoms with Crippen molar-refractivity contribution in [2.75, 3.05) is 19.6 Å². The second kappa shape index (κ2) is 4.63. The van der Waals surface area contributed by atoms with E-state index in [0.717, 1.165) is 31.3 Å². The SMILES string of the molecule is CC1CCCC(CN2CC[C@H](O)C2)C1. The van der Waals surface area contributed by atoms with E-state index in [1.165, 1.54) is 32.2 Å². The van der Waals surface area contributed by atoms with E-state index in [9.17, 15) is 5.11 Å². The van der Waals surface area contributed by atoms with E-state index in [0.29, 0.717) is 0 Å². The molecule has 14 heavy (non-hydrogen) atoms. The summed E-state index contributed by atoms with van der Waals surface area (Å²) < 4.78 is 0. The van der Waals surface area contributed by atoms with Gasteiger partial charge in [-0.3, -0.25) is 0 Å². The quantitative estimate of drug-likeness (QED) is 0.730. The summed E-state index contributed by atoms with van der Waals surface area (Å²) in [5.41, 5.74) is 0. The molecule has 2 fully saturated rings. The molecule has 0 aromatic heterocycles. The number of nitrogens with zero attached hydrogens (tertiary/aromatic N) is 1. The molecule has 0 spiro atoms. The highest BCUT2D eigenvalue weighted by Crippen LogP contribution is 2.29. The lowest BCUT2D eigenvalue weighted by Gasteiger charge is -2.30. The minimum atomic E-state index is -0.0454. The molecule has 3 atom stereocenters. The number of rotatable bonds is 2. The molecule has 2 unspecified atom stereocenters. The van der Waals surface area contributed by atoms with Crippen molar-refractivity contribution in [3.8, 4) is 0 Å². The molecule has 0 radical (unpaired) electrons. The van der Waals surface area contributed by atoms with Crippen molar-refractivity contribution >= 4 is 0 Å². The monoisotopic (exact) mass is 197 g/mol. The summed E-state index contributed by atoms with van der Waals surface area (Å²) in [5, 5.41) is 9.44. The van der Waals surface area contributed by atoms with Crippen molar-refractivity contribution in [1.82, 2.24) is 4.90 Å². The molecular formula is C12H23NO. The highest BCUT2D eigenvalue weighted by atomic mass is 16.3. The highest BCUT2D eigenvalue weighted by Gasteiger charge is 2.25.